The predicted molar refractivity (Wildman–Crippen MR) is 97.6 cm³/mol. The normalized spacial score (nSPS) is 23.5. The van der Waals surface area contributed by atoms with Gasteiger partial charge in [0.05, 0.1) is 11.4 Å². The maximum Gasteiger partial charge on any atom is 0.222 e. The van der Waals surface area contributed by atoms with E-state index in [1.165, 1.54) is 6.07 Å². The van der Waals surface area contributed by atoms with Crippen LogP contribution in [0.2, 0.25) is 0 Å². The molecule has 2 saturated heterocycles. The van der Waals surface area contributed by atoms with Crippen LogP contribution in [0.5, 0.6) is 0 Å². The van der Waals surface area contributed by atoms with E-state index in [0.717, 1.165) is 42.1 Å². The Morgan fingerprint density at radius 3 is 2.81 bits per heavy atom. The van der Waals surface area contributed by atoms with Gasteiger partial charge in [0.2, 0.25) is 5.91 Å². The van der Waals surface area contributed by atoms with Gasteiger partial charge in [-0.25, -0.2) is 9.07 Å². The first-order valence-corrected chi connectivity index (χ1v) is 9.22. The summed E-state index contributed by atoms with van der Waals surface area (Å²) in [5, 5.41) is 4.56. The maximum atomic E-state index is 14.0. The number of rotatable bonds is 3. The minimum Gasteiger partial charge on any atom is -0.341 e. The van der Waals surface area contributed by atoms with Crippen molar-refractivity contribution in [2.45, 2.75) is 39.3 Å². The zero-order valence-electron chi connectivity index (χ0n) is 15.6. The third kappa shape index (κ3) is 3.03. The van der Waals surface area contributed by atoms with E-state index in [0.29, 0.717) is 18.9 Å². The van der Waals surface area contributed by atoms with Crippen LogP contribution in [0.1, 0.15) is 29.8 Å². The molecular formula is C20H25FN4O. The van der Waals surface area contributed by atoms with Crippen LogP contribution < -0.4 is 0 Å². The van der Waals surface area contributed by atoms with E-state index < -0.39 is 0 Å². The average Bonchev–Trinajstić information content (AvgIpc) is 3.07. The zero-order chi connectivity index (χ0) is 18.4. The van der Waals surface area contributed by atoms with Crippen molar-refractivity contribution in [3.63, 3.8) is 0 Å². The average molecular weight is 356 g/mol. The van der Waals surface area contributed by atoms with Gasteiger partial charge in [0.1, 0.15) is 5.82 Å². The third-order valence-corrected chi connectivity index (χ3v) is 5.81. The molecule has 0 bridgehead atoms. The number of aromatic nitrogens is 2. The molecule has 0 radical (unpaired) electrons. The van der Waals surface area contributed by atoms with E-state index >= 15 is 0 Å². The molecule has 0 saturated carbocycles. The lowest BCUT2D eigenvalue weighted by molar-refractivity contribution is -0.127. The zero-order valence-corrected chi connectivity index (χ0v) is 15.6. The van der Waals surface area contributed by atoms with Gasteiger partial charge >= 0.3 is 0 Å². The summed E-state index contributed by atoms with van der Waals surface area (Å²) in [6.45, 7) is 6.42. The van der Waals surface area contributed by atoms with Gasteiger partial charge in [-0.15, -0.1) is 0 Å². The van der Waals surface area contributed by atoms with Gasteiger partial charge in [0, 0.05) is 38.3 Å². The number of aryl methyl sites for hydroxylation is 2. The number of likely N-dealkylation sites (tertiary alicyclic amines) is 2. The number of benzene rings is 1. The van der Waals surface area contributed by atoms with E-state index in [4.69, 9.17) is 0 Å². The summed E-state index contributed by atoms with van der Waals surface area (Å²) < 4.78 is 15.8. The van der Waals surface area contributed by atoms with Crippen LogP contribution in [-0.4, -0.2) is 51.7 Å². The SMILES string of the molecule is Cc1cc(C)n(-c2ccc(F)cc2CN2CC[C@@H]3CC(=O)N(C)[C@@H]3C2)n1. The highest BCUT2D eigenvalue weighted by Crippen LogP contribution is 2.32. The van der Waals surface area contributed by atoms with E-state index in [2.05, 4.69) is 10.00 Å². The molecule has 26 heavy (non-hydrogen) atoms. The summed E-state index contributed by atoms with van der Waals surface area (Å²) in [6.07, 6.45) is 1.69. The van der Waals surface area contributed by atoms with Crippen LogP contribution in [-0.2, 0) is 11.3 Å². The Hall–Kier alpha value is -2.21. The van der Waals surface area contributed by atoms with Crippen LogP contribution in [0.25, 0.3) is 5.69 Å². The molecule has 138 valence electrons. The van der Waals surface area contributed by atoms with Crippen molar-refractivity contribution in [1.82, 2.24) is 19.6 Å². The summed E-state index contributed by atoms with van der Waals surface area (Å²) in [5.74, 6) is 0.482. The molecule has 2 aliphatic rings. The molecule has 0 spiro atoms. The minimum atomic E-state index is -0.228. The number of piperidine rings is 1. The fraction of sp³-hybridized carbons (Fsp3) is 0.500. The lowest BCUT2D eigenvalue weighted by Crippen LogP contribution is -2.47. The van der Waals surface area contributed by atoms with Gasteiger partial charge in [0.25, 0.3) is 0 Å². The molecule has 2 fully saturated rings. The summed E-state index contributed by atoms with van der Waals surface area (Å²) >= 11 is 0. The van der Waals surface area contributed by atoms with Gasteiger partial charge in [-0.2, -0.15) is 5.10 Å². The summed E-state index contributed by atoms with van der Waals surface area (Å²) in [6, 6.07) is 7.22. The number of halogens is 1. The number of fused-ring (bicyclic) bond motifs is 1. The molecule has 1 amide bonds. The molecule has 1 aromatic heterocycles. The molecule has 2 aromatic rings. The molecule has 2 aliphatic heterocycles. The first-order valence-electron chi connectivity index (χ1n) is 9.22. The highest BCUT2D eigenvalue weighted by Gasteiger charge is 2.40. The van der Waals surface area contributed by atoms with Crippen LogP contribution in [0.3, 0.4) is 0 Å². The van der Waals surface area contributed by atoms with Crippen LogP contribution in [0, 0.1) is 25.6 Å². The lowest BCUT2D eigenvalue weighted by Gasteiger charge is -2.37. The van der Waals surface area contributed by atoms with E-state index in [1.54, 1.807) is 6.07 Å². The van der Waals surface area contributed by atoms with Crippen LogP contribution in [0.15, 0.2) is 24.3 Å². The summed E-state index contributed by atoms with van der Waals surface area (Å²) in [4.78, 5) is 16.2. The second kappa shape index (κ2) is 6.50. The van der Waals surface area contributed by atoms with Crippen molar-refractivity contribution >= 4 is 5.91 Å². The van der Waals surface area contributed by atoms with Gasteiger partial charge in [-0.3, -0.25) is 9.69 Å². The van der Waals surface area contributed by atoms with Crippen molar-refractivity contribution in [3.8, 4) is 5.69 Å². The van der Waals surface area contributed by atoms with Crippen molar-refractivity contribution in [2.75, 3.05) is 20.1 Å². The van der Waals surface area contributed by atoms with E-state index in [-0.39, 0.29) is 17.8 Å². The molecule has 0 unspecified atom stereocenters. The Kier molecular flexibility index (Phi) is 4.31. The molecule has 0 aliphatic carbocycles. The predicted octanol–water partition coefficient (Wildman–Crippen LogP) is 2.68. The van der Waals surface area contributed by atoms with Gasteiger partial charge in [0.15, 0.2) is 0 Å². The van der Waals surface area contributed by atoms with Crippen LogP contribution >= 0.6 is 0 Å². The van der Waals surface area contributed by atoms with Gasteiger partial charge < -0.3 is 4.90 Å². The maximum absolute atomic E-state index is 14.0. The molecule has 2 atom stereocenters. The summed E-state index contributed by atoms with van der Waals surface area (Å²) in [7, 11) is 1.90. The second-order valence-electron chi connectivity index (χ2n) is 7.67. The number of carbonyl (C=O) groups excluding carboxylic acids is 1. The second-order valence-corrected chi connectivity index (χ2v) is 7.67. The molecule has 1 aromatic carbocycles. The Morgan fingerprint density at radius 1 is 1.27 bits per heavy atom. The Morgan fingerprint density at radius 2 is 2.08 bits per heavy atom. The smallest absolute Gasteiger partial charge is 0.222 e. The number of likely N-dealkylation sites (N-methyl/N-ethyl adjacent to an activating group) is 1. The molecule has 4 rings (SSSR count). The van der Waals surface area contributed by atoms with E-state index in [9.17, 15) is 9.18 Å². The fourth-order valence-electron chi connectivity index (χ4n) is 4.42. The van der Waals surface area contributed by atoms with Crippen molar-refractivity contribution < 1.29 is 9.18 Å². The number of carbonyl (C=O) groups is 1. The first-order chi connectivity index (χ1) is 12.4. The quantitative estimate of drug-likeness (QED) is 0.849. The van der Waals surface area contributed by atoms with Crippen LogP contribution in [0.4, 0.5) is 4.39 Å². The third-order valence-electron chi connectivity index (χ3n) is 5.81. The summed E-state index contributed by atoms with van der Waals surface area (Å²) in [5.41, 5.74) is 3.84. The largest absolute Gasteiger partial charge is 0.341 e. The molecule has 0 N–H and O–H groups in total. The Balaban J connectivity index is 1.59. The van der Waals surface area contributed by atoms with Gasteiger partial charge in [-0.1, -0.05) is 0 Å². The number of hydrogen-bond acceptors (Lipinski definition) is 3. The molecule has 6 heteroatoms. The van der Waals surface area contributed by atoms with Crippen molar-refractivity contribution in [3.05, 3.63) is 47.0 Å². The standard InChI is InChI=1S/C20H25FN4O/c1-13-8-14(2)25(22-13)18-5-4-17(21)9-16(18)11-24-7-6-15-10-20(26)23(3)19(15)12-24/h4-5,8-9,15,19H,6-7,10-12H2,1-3H3/t15-,19-/m1/s1. The monoisotopic (exact) mass is 356 g/mol. The highest BCUT2D eigenvalue weighted by molar-refractivity contribution is 5.79. The number of nitrogens with zero attached hydrogens (tertiary/aromatic N) is 4. The molecule has 5 nitrogen and oxygen atoms in total. The number of hydrogen-bond donors (Lipinski definition) is 0. The highest BCUT2D eigenvalue weighted by atomic mass is 19.1. The molecule has 3 heterocycles. The Labute approximate surface area is 153 Å². The fourth-order valence-corrected chi connectivity index (χ4v) is 4.42. The van der Waals surface area contributed by atoms with Gasteiger partial charge in [-0.05, 0) is 62.6 Å². The Bertz CT molecular complexity index is 846. The van der Waals surface area contributed by atoms with E-state index in [1.807, 2.05) is 42.6 Å². The minimum absolute atomic E-state index is 0.228. The van der Waals surface area contributed by atoms with Crippen molar-refractivity contribution in [2.24, 2.45) is 5.92 Å². The lowest BCUT2D eigenvalue weighted by atomic mass is 9.92. The van der Waals surface area contributed by atoms with Crippen molar-refractivity contribution in [1.29, 1.82) is 0 Å². The first kappa shape index (κ1) is 17.2. The topological polar surface area (TPSA) is 41.4 Å². The number of amides is 1. The molecular weight excluding hydrogens is 331 g/mol.